The second-order valence-electron chi connectivity index (χ2n) is 0. The first-order valence-electron chi connectivity index (χ1n) is 0. The van der Waals surface area contributed by atoms with Gasteiger partial charge in [0.2, 0.25) is 0 Å². The molecule has 0 unspecified atom stereocenters. The molecule has 0 heterocycles. The van der Waals surface area contributed by atoms with Gasteiger partial charge in [-0.3, -0.25) is 0 Å². The number of hydrogen-bond acceptors (Lipinski definition) is 0. The summed E-state index contributed by atoms with van der Waals surface area (Å²) < 4.78 is 0. The average Bonchev–Trinajstić information content (AvgIpc) is 0. The number of hydrogen-bond donors (Lipinski definition) is 0. The summed E-state index contributed by atoms with van der Waals surface area (Å²) in [4.78, 5) is 0. The Morgan fingerprint density at radius 3 is 0.286 bits per heavy atom. The fourth-order valence-electron chi connectivity index (χ4n) is 0. The van der Waals surface area contributed by atoms with Crippen molar-refractivity contribution in [3.05, 3.63) is 0 Å². The van der Waals surface area contributed by atoms with Gasteiger partial charge in [-0.2, -0.15) is 0 Å². The molecule has 6 nitrogen and oxygen atoms in total. The summed E-state index contributed by atoms with van der Waals surface area (Å²) in [5.41, 5.74) is 0. The van der Waals surface area contributed by atoms with Crippen LogP contribution < -0.4 is 0 Å². The first-order valence-corrected chi connectivity index (χ1v) is 0. The van der Waals surface area contributed by atoms with Gasteiger partial charge in [-0.25, -0.2) is 0 Å². The Hall–Kier alpha value is 1.33. The summed E-state index contributed by atoms with van der Waals surface area (Å²) in [6, 6.07) is 0. The van der Waals surface area contributed by atoms with Crippen molar-refractivity contribution in [3.63, 3.8) is 0 Å². The molecule has 7 heavy (non-hydrogen) atoms. The minimum atomic E-state index is 0. The molecule has 0 amide bonds. The molecule has 0 saturated heterocycles. The average molecular weight is 247 g/mol. The summed E-state index contributed by atoms with van der Waals surface area (Å²) in [6.45, 7) is 0. The molecule has 0 bridgehead atoms. The van der Waals surface area contributed by atoms with Crippen molar-refractivity contribution in [2.24, 2.45) is 0 Å². The van der Waals surface area contributed by atoms with E-state index in [2.05, 4.69) is 0 Å². The summed E-state index contributed by atoms with van der Waals surface area (Å²) in [5, 5.41) is 0. The van der Waals surface area contributed by atoms with Crippen LogP contribution in [0.25, 0.3) is 0 Å². The standard InChI is InChI=1S/Ba.6H2O.2H/h;6*1H2;;. The number of rotatable bonds is 0. The molecule has 0 aromatic rings. The topological polar surface area (TPSA) is 189 Å². The van der Waals surface area contributed by atoms with Crippen LogP contribution in [0.4, 0.5) is 0 Å². The van der Waals surface area contributed by atoms with Crippen molar-refractivity contribution in [1.29, 1.82) is 0 Å². The Kier molecular flexibility index (Phi) is 5980. The normalized spacial score (nSPS) is 0. The van der Waals surface area contributed by atoms with Crippen LogP contribution >= 0.6 is 0 Å². The van der Waals surface area contributed by atoms with Gasteiger partial charge in [-0.15, -0.1) is 0 Å². The van der Waals surface area contributed by atoms with Crippen LogP contribution in [0.15, 0.2) is 0 Å². The van der Waals surface area contributed by atoms with E-state index in [1.54, 1.807) is 0 Å². The maximum absolute atomic E-state index is 0. The third-order valence-electron chi connectivity index (χ3n) is 0. The van der Waals surface area contributed by atoms with E-state index in [9.17, 15) is 0 Å². The molecule has 0 aliphatic heterocycles. The van der Waals surface area contributed by atoms with Crippen molar-refractivity contribution < 1.29 is 32.9 Å². The second kappa shape index (κ2) is 166. The summed E-state index contributed by atoms with van der Waals surface area (Å²) >= 11 is 0. The van der Waals surface area contributed by atoms with E-state index in [0.717, 1.165) is 0 Å². The first kappa shape index (κ1) is 253. The van der Waals surface area contributed by atoms with Crippen molar-refractivity contribution >= 4 is 48.9 Å². The van der Waals surface area contributed by atoms with Gasteiger partial charge < -0.3 is 32.9 Å². The van der Waals surface area contributed by atoms with Crippen molar-refractivity contribution in [1.82, 2.24) is 0 Å². The van der Waals surface area contributed by atoms with Crippen LogP contribution in [0.5, 0.6) is 0 Å². The molecule has 7 heteroatoms. The summed E-state index contributed by atoms with van der Waals surface area (Å²) in [6.07, 6.45) is 0. The fourth-order valence-corrected chi connectivity index (χ4v) is 0. The Morgan fingerprint density at radius 2 is 0.286 bits per heavy atom. The van der Waals surface area contributed by atoms with E-state index >= 15 is 0 Å². The zero-order valence-corrected chi connectivity index (χ0v) is 3.00. The van der Waals surface area contributed by atoms with E-state index in [1.807, 2.05) is 0 Å². The molecule has 0 aliphatic carbocycles. The van der Waals surface area contributed by atoms with Crippen molar-refractivity contribution in [2.45, 2.75) is 0 Å². The molecule has 0 fully saturated rings. The zero-order valence-electron chi connectivity index (χ0n) is 3.00. The Morgan fingerprint density at radius 1 is 0.286 bits per heavy atom. The monoisotopic (exact) mass is 248 g/mol. The summed E-state index contributed by atoms with van der Waals surface area (Å²) in [7, 11) is 0. The van der Waals surface area contributed by atoms with Gasteiger partial charge in [-0.05, 0) is 0 Å². The van der Waals surface area contributed by atoms with Crippen LogP contribution in [-0.2, 0) is 0 Å². The van der Waals surface area contributed by atoms with Crippen molar-refractivity contribution in [2.75, 3.05) is 0 Å². The van der Waals surface area contributed by atoms with Crippen LogP contribution in [0.3, 0.4) is 0 Å². The van der Waals surface area contributed by atoms with Gasteiger partial charge in [0.05, 0.1) is 0 Å². The van der Waals surface area contributed by atoms with Crippen LogP contribution in [-0.4, -0.2) is 81.7 Å². The minimum absolute atomic E-state index is 0. The molecule has 12 N–H and O–H groups in total. The van der Waals surface area contributed by atoms with Crippen LogP contribution in [0, 0.1) is 0 Å². The van der Waals surface area contributed by atoms with Gasteiger partial charge in [0.1, 0.15) is 0 Å². The molecule has 0 saturated carbocycles. The quantitative estimate of drug-likeness (QED) is 0.369. The maximum atomic E-state index is 0. The van der Waals surface area contributed by atoms with Gasteiger partial charge in [0, 0.05) is 0 Å². The molecular weight excluding hydrogens is 233 g/mol. The molecule has 0 atom stereocenters. The predicted molar refractivity (Wildman–Crippen MR) is 30.2 cm³/mol. The molecule has 0 aliphatic rings. The van der Waals surface area contributed by atoms with E-state index < -0.39 is 0 Å². The SMILES string of the molecule is O.O.O.O.O.O.[BaH2]. The Balaban J connectivity index is 0. The Labute approximate surface area is 80.8 Å². The van der Waals surface area contributed by atoms with Crippen LogP contribution in [0.2, 0.25) is 0 Å². The molecule has 0 rings (SSSR count). The van der Waals surface area contributed by atoms with E-state index in [0.29, 0.717) is 0 Å². The predicted octanol–water partition coefficient (Wildman–Crippen LogP) is -5.86. The van der Waals surface area contributed by atoms with Gasteiger partial charge >= 0.3 is 48.9 Å². The molecule has 0 spiro atoms. The zero-order chi connectivity index (χ0) is 0. The van der Waals surface area contributed by atoms with Gasteiger partial charge in [0.15, 0.2) is 0 Å². The van der Waals surface area contributed by atoms with Crippen molar-refractivity contribution in [3.8, 4) is 0 Å². The van der Waals surface area contributed by atoms with Gasteiger partial charge in [0.25, 0.3) is 0 Å². The molecule has 0 radical (unpaired) electrons. The van der Waals surface area contributed by atoms with Crippen LogP contribution in [0.1, 0.15) is 0 Å². The Bertz CT molecular complexity index is 4.14. The molecule has 0 aromatic carbocycles. The third kappa shape index (κ3) is 118. The molecular formula is H14BaO6. The molecule has 52 valence electrons. The third-order valence-corrected chi connectivity index (χ3v) is 0. The second-order valence-corrected chi connectivity index (χ2v) is 0. The first-order chi connectivity index (χ1) is 0. The molecule has 0 aromatic heterocycles. The van der Waals surface area contributed by atoms with Gasteiger partial charge in [-0.1, -0.05) is 0 Å². The fraction of sp³-hybridized carbons (Fsp3) is 0. The summed E-state index contributed by atoms with van der Waals surface area (Å²) in [5.74, 6) is 0. The van der Waals surface area contributed by atoms with E-state index in [1.165, 1.54) is 0 Å². The van der Waals surface area contributed by atoms with E-state index in [-0.39, 0.29) is 81.7 Å². The van der Waals surface area contributed by atoms with E-state index in [4.69, 9.17) is 0 Å².